The highest BCUT2D eigenvalue weighted by Crippen LogP contribution is 2.21. The molecule has 20 heavy (non-hydrogen) atoms. The number of amides is 1. The fourth-order valence-electron chi connectivity index (χ4n) is 2.28. The zero-order valence-corrected chi connectivity index (χ0v) is 11.2. The molecule has 4 N–H and O–H groups in total. The van der Waals surface area contributed by atoms with Crippen LogP contribution in [0.1, 0.15) is 28.8 Å². The summed E-state index contributed by atoms with van der Waals surface area (Å²) in [5.41, 5.74) is 5.26. The van der Waals surface area contributed by atoms with E-state index in [9.17, 15) is 14.3 Å². The van der Waals surface area contributed by atoms with E-state index in [4.69, 9.17) is 10.5 Å². The molecular weight excluding hydrogens is 263 g/mol. The lowest BCUT2D eigenvalue weighted by Crippen LogP contribution is -2.51. The topological polar surface area (TPSA) is 84.6 Å². The van der Waals surface area contributed by atoms with Crippen LogP contribution in [0.5, 0.6) is 0 Å². The van der Waals surface area contributed by atoms with Crippen LogP contribution in [0.2, 0.25) is 0 Å². The summed E-state index contributed by atoms with van der Waals surface area (Å²) in [6.07, 6.45) is 1.37. The molecule has 1 aromatic carbocycles. The van der Waals surface area contributed by atoms with Gasteiger partial charge in [0.15, 0.2) is 0 Å². The van der Waals surface area contributed by atoms with Crippen LogP contribution in [-0.4, -0.2) is 36.4 Å². The molecule has 1 aliphatic rings. The predicted octanol–water partition coefficient (Wildman–Crippen LogP) is 0.556. The second-order valence-corrected chi connectivity index (χ2v) is 5.07. The van der Waals surface area contributed by atoms with Crippen LogP contribution in [0.25, 0.3) is 0 Å². The Morgan fingerprint density at radius 3 is 2.70 bits per heavy atom. The highest BCUT2D eigenvalue weighted by atomic mass is 19.1. The van der Waals surface area contributed by atoms with Gasteiger partial charge in [0.2, 0.25) is 5.91 Å². The van der Waals surface area contributed by atoms with Gasteiger partial charge in [-0.2, -0.15) is 0 Å². The van der Waals surface area contributed by atoms with Gasteiger partial charge in [0.25, 0.3) is 0 Å². The van der Waals surface area contributed by atoms with Crippen LogP contribution in [0, 0.1) is 5.82 Å². The van der Waals surface area contributed by atoms with E-state index in [1.54, 1.807) is 0 Å². The third-order valence-corrected chi connectivity index (χ3v) is 3.74. The van der Waals surface area contributed by atoms with Gasteiger partial charge < -0.3 is 20.9 Å². The van der Waals surface area contributed by atoms with Crippen molar-refractivity contribution in [2.45, 2.75) is 24.9 Å². The summed E-state index contributed by atoms with van der Waals surface area (Å²) in [4.78, 5) is 11.0. The largest absolute Gasteiger partial charge is 0.394 e. The number of primary amides is 1. The molecule has 1 heterocycles. The minimum absolute atomic E-state index is 0.0165. The molecule has 0 radical (unpaired) electrons. The fraction of sp³-hybridized carbons (Fsp3) is 0.500. The number of nitrogens with one attached hydrogen (secondary N) is 1. The summed E-state index contributed by atoms with van der Waals surface area (Å²) in [5.74, 6) is -1.13. The smallest absolute Gasteiger partial charge is 0.248 e. The van der Waals surface area contributed by atoms with E-state index >= 15 is 0 Å². The summed E-state index contributed by atoms with van der Waals surface area (Å²) in [6, 6.07) is 4.17. The van der Waals surface area contributed by atoms with Crippen LogP contribution in [0.15, 0.2) is 18.2 Å². The summed E-state index contributed by atoms with van der Waals surface area (Å²) in [5, 5.41) is 12.7. The first-order valence-electron chi connectivity index (χ1n) is 6.58. The van der Waals surface area contributed by atoms with Gasteiger partial charge in [-0.1, -0.05) is 6.07 Å². The number of hydrogen-bond donors (Lipinski definition) is 3. The first kappa shape index (κ1) is 14.9. The van der Waals surface area contributed by atoms with E-state index in [0.29, 0.717) is 31.6 Å². The van der Waals surface area contributed by atoms with Crippen molar-refractivity contribution >= 4 is 5.91 Å². The summed E-state index contributed by atoms with van der Waals surface area (Å²) in [6.45, 7) is 1.43. The van der Waals surface area contributed by atoms with Crippen LogP contribution < -0.4 is 11.1 Å². The van der Waals surface area contributed by atoms with E-state index in [-0.39, 0.29) is 18.7 Å². The van der Waals surface area contributed by atoms with Crippen molar-refractivity contribution in [3.63, 3.8) is 0 Å². The second-order valence-electron chi connectivity index (χ2n) is 5.07. The molecule has 1 amide bonds. The highest BCUT2D eigenvalue weighted by molar-refractivity contribution is 5.92. The molecule has 0 aliphatic carbocycles. The number of ether oxygens (including phenoxy) is 1. The molecule has 1 aromatic rings. The van der Waals surface area contributed by atoms with E-state index in [1.807, 2.05) is 0 Å². The Morgan fingerprint density at radius 2 is 2.15 bits per heavy atom. The van der Waals surface area contributed by atoms with Gasteiger partial charge in [-0.05, 0) is 25.0 Å². The summed E-state index contributed by atoms with van der Waals surface area (Å²) >= 11 is 0. The number of hydrogen-bond acceptors (Lipinski definition) is 4. The standard InChI is InChI=1S/C14H19FN2O3/c15-12-7-10(13(16)19)1-2-11(12)8-17-14(9-18)3-5-20-6-4-14/h1-2,7,17-18H,3-6,8-9H2,(H2,16,19). The third-order valence-electron chi connectivity index (χ3n) is 3.74. The minimum atomic E-state index is -0.653. The number of aliphatic hydroxyl groups excluding tert-OH is 1. The molecular formula is C14H19FN2O3. The van der Waals surface area contributed by atoms with Gasteiger partial charge >= 0.3 is 0 Å². The number of benzene rings is 1. The Balaban J connectivity index is 2.04. The van der Waals surface area contributed by atoms with E-state index in [2.05, 4.69) is 5.32 Å². The Hall–Kier alpha value is -1.50. The molecule has 1 aliphatic heterocycles. The van der Waals surface area contributed by atoms with Crippen LogP contribution in [0.4, 0.5) is 4.39 Å². The van der Waals surface area contributed by atoms with E-state index in [0.717, 1.165) is 6.07 Å². The van der Waals surface area contributed by atoms with Gasteiger partial charge in [0, 0.05) is 36.4 Å². The zero-order chi connectivity index (χ0) is 14.6. The molecule has 0 spiro atoms. The van der Waals surface area contributed by atoms with Crippen molar-refractivity contribution in [2.75, 3.05) is 19.8 Å². The maximum absolute atomic E-state index is 13.9. The van der Waals surface area contributed by atoms with Crippen molar-refractivity contribution in [3.05, 3.63) is 35.1 Å². The maximum atomic E-state index is 13.9. The van der Waals surface area contributed by atoms with Crippen molar-refractivity contribution in [1.82, 2.24) is 5.32 Å². The average molecular weight is 282 g/mol. The van der Waals surface area contributed by atoms with Gasteiger partial charge in [0.05, 0.1) is 6.61 Å². The van der Waals surface area contributed by atoms with Crippen molar-refractivity contribution in [3.8, 4) is 0 Å². The van der Waals surface area contributed by atoms with Gasteiger partial charge in [-0.25, -0.2) is 4.39 Å². The monoisotopic (exact) mass is 282 g/mol. The molecule has 0 saturated carbocycles. The van der Waals surface area contributed by atoms with E-state index < -0.39 is 17.3 Å². The van der Waals surface area contributed by atoms with Gasteiger partial charge in [0.1, 0.15) is 5.82 Å². The molecule has 110 valence electrons. The summed E-state index contributed by atoms with van der Waals surface area (Å²) in [7, 11) is 0. The molecule has 0 unspecified atom stereocenters. The lowest BCUT2D eigenvalue weighted by molar-refractivity contribution is 0.0110. The Labute approximate surface area is 116 Å². The average Bonchev–Trinajstić information content (AvgIpc) is 2.47. The molecule has 5 nitrogen and oxygen atoms in total. The van der Waals surface area contributed by atoms with Gasteiger partial charge in [-0.15, -0.1) is 0 Å². The molecule has 1 saturated heterocycles. The Kier molecular flexibility index (Phi) is 4.69. The number of aliphatic hydroxyl groups is 1. The first-order chi connectivity index (χ1) is 9.56. The van der Waals surface area contributed by atoms with Crippen LogP contribution >= 0.6 is 0 Å². The minimum Gasteiger partial charge on any atom is -0.394 e. The van der Waals surface area contributed by atoms with E-state index in [1.165, 1.54) is 12.1 Å². The third kappa shape index (κ3) is 3.33. The summed E-state index contributed by atoms with van der Waals surface area (Å²) < 4.78 is 19.1. The first-order valence-corrected chi connectivity index (χ1v) is 6.58. The Bertz CT molecular complexity index is 487. The quantitative estimate of drug-likeness (QED) is 0.736. The number of halogens is 1. The van der Waals surface area contributed by atoms with Gasteiger partial charge in [-0.3, -0.25) is 4.79 Å². The van der Waals surface area contributed by atoms with Crippen molar-refractivity contribution in [1.29, 1.82) is 0 Å². The SMILES string of the molecule is NC(=O)c1ccc(CNC2(CO)CCOCC2)c(F)c1. The number of carbonyl (C=O) groups excluding carboxylic acids is 1. The molecule has 0 aromatic heterocycles. The van der Waals surface area contributed by atoms with Crippen LogP contribution in [-0.2, 0) is 11.3 Å². The highest BCUT2D eigenvalue weighted by Gasteiger charge is 2.31. The second kappa shape index (κ2) is 6.30. The van der Waals surface area contributed by atoms with Crippen molar-refractivity contribution < 1.29 is 19.0 Å². The zero-order valence-electron chi connectivity index (χ0n) is 11.2. The molecule has 0 bridgehead atoms. The number of carbonyl (C=O) groups is 1. The lowest BCUT2D eigenvalue weighted by Gasteiger charge is -2.36. The normalized spacial score (nSPS) is 17.9. The number of nitrogens with two attached hydrogens (primary N) is 1. The molecule has 1 fully saturated rings. The number of rotatable bonds is 5. The lowest BCUT2D eigenvalue weighted by atomic mass is 9.90. The maximum Gasteiger partial charge on any atom is 0.248 e. The molecule has 2 rings (SSSR count). The predicted molar refractivity (Wildman–Crippen MR) is 71.6 cm³/mol. The van der Waals surface area contributed by atoms with Crippen LogP contribution in [0.3, 0.4) is 0 Å². The van der Waals surface area contributed by atoms with Crippen molar-refractivity contribution in [2.24, 2.45) is 5.73 Å². The fourth-order valence-corrected chi connectivity index (χ4v) is 2.28. The molecule has 0 atom stereocenters. The Morgan fingerprint density at radius 1 is 1.45 bits per heavy atom. The molecule has 6 heteroatoms.